The van der Waals surface area contributed by atoms with E-state index in [1.165, 1.54) is 24.3 Å². The summed E-state index contributed by atoms with van der Waals surface area (Å²) in [6.45, 7) is 0. The number of non-ortho nitro benzene ring substituents is 1. The van der Waals surface area contributed by atoms with Gasteiger partial charge < -0.3 is 5.11 Å². The lowest BCUT2D eigenvalue weighted by Gasteiger charge is -2.03. The smallest absolute Gasteiger partial charge is 0.423 e. The molecule has 1 amide bonds. The average molecular weight is 197 g/mol. The number of nitrogens with zero attached hydrogens (tertiary/aromatic N) is 1. The number of carboxylic acid groups (broad SMARTS) is 1. The summed E-state index contributed by atoms with van der Waals surface area (Å²) in [5, 5.41) is 18.6. The van der Waals surface area contributed by atoms with Gasteiger partial charge in [-0.3, -0.25) is 15.5 Å². The van der Waals surface area contributed by atoms with E-state index < -0.39 is 11.0 Å². The highest BCUT2D eigenvalue weighted by Gasteiger charge is 2.05. The maximum atomic E-state index is 10.3. The van der Waals surface area contributed by atoms with Crippen LogP contribution >= 0.6 is 0 Å². The Morgan fingerprint density at radius 3 is 2.79 bits per heavy atom. The van der Waals surface area contributed by atoms with Crippen LogP contribution in [0.1, 0.15) is 0 Å². The molecule has 1 aromatic carbocycles. The third-order valence-electron chi connectivity index (χ3n) is 1.37. The van der Waals surface area contributed by atoms with Crippen LogP contribution in [0.3, 0.4) is 0 Å². The molecular formula is C7H7N3O4. The third-order valence-corrected chi connectivity index (χ3v) is 1.37. The Labute approximate surface area is 78.5 Å². The molecular weight excluding hydrogens is 190 g/mol. The third kappa shape index (κ3) is 2.63. The van der Waals surface area contributed by atoms with Crippen LogP contribution in [0.4, 0.5) is 16.2 Å². The van der Waals surface area contributed by atoms with Crippen molar-refractivity contribution < 1.29 is 14.8 Å². The normalized spacial score (nSPS) is 9.14. The van der Waals surface area contributed by atoms with Crippen molar-refractivity contribution in [3.8, 4) is 0 Å². The average Bonchev–Trinajstić information content (AvgIpc) is 2.15. The Kier molecular flexibility index (Phi) is 2.85. The van der Waals surface area contributed by atoms with Gasteiger partial charge in [0.2, 0.25) is 0 Å². The van der Waals surface area contributed by atoms with Crippen molar-refractivity contribution in [2.24, 2.45) is 0 Å². The van der Waals surface area contributed by atoms with E-state index in [2.05, 4.69) is 5.43 Å². The van der Waals surface area contributed by atoms with Gasteiger partial charge >= 0.3 is 6.09 Å². The summed E-state index contributed by atoms with van der Waals surface area (Å²) < 4.78 is 0. The van der Waals surface area contributed by atoms with Gasteiger partial charge in [0.1, 0.15) is 0 Å². The van der Waals surface area contributed by atoms with E-state index in [0.29, 0.717) is 5.69 Å². The van der Waals surface area contributed by atoms with Crippen molar-refractivity contribution in [3.05, 3.63) is 34.4 Å². The van der Waals surface area contributed by atoms with Crippen LogP contribution in [0.2, 0.25) is 0 Å². The van der Waals surface area contributed by atoms with E-state index >= 15 is 0 Å². The summed E-state index contributed by atoms with van der Waals surface area (Å²) in [4.78, 5) is 19.9. The first-order valence-corrected chi connectivity index (χ1v) is 3.59. The molecule has 0 aliphatic heterocycles. The van der Waals surface area contributed by atoms with Crippen molar-refractivity contribution in [2.45, 2.75) is 0 Å². The first-order valence-electron chi connectivity index (χ1n) is 3.59. The molecule has 0 aliphatic rings. The number of anilines is 1. The van der Waals surface area contributed by atoms with Gasteiger partial charge in [-0.1, -0.05) is 6.07 Å². The number of hydrazine groups is 1. The molecule has 1 rings (SSSR count). The molecule has 0 aliphatic carbocycles. The minimum atomic E-state index is -1.27. The predicted octanol–water partition coefficient (Wildman–Crippen LogP) is 1.19. The van der Waals surface area contributed by atoms with E-state index in [1.807, 2.05) is 5.43 Å². The summed E-state index contributed by atoms with van der Waals surface area (Å²) in [6.07, 6.45) is -1.27. The number of nitro groups is 1. The van der Waals surface area contributed by atoms with Crippen molar-refractivity contribution in [1.29, 1.82) is 0 Å². The van der Waals surface area contributed by atoms with Gasteiger partial charge in [-0.05, 0) is 6.07 Å². The lowest BCUT2D eigenvalue weighted by Crippen LogP contribution is -2.27. The highest BCUT2D eigenvalue weighted by atomic mass is 16.6. The highest BCUT2D eigenvalue weighted by Crippen LogP contribution is 2.15. The molecule has 0 spiro atoms. The minimum absolute atomic E-state index is 0.109. The number of nitro benzene ring substituents is 1. The number of benzene rings is 1. The van der Waals surface area contributed by atoms with Crippen LogP contribution < -0.4 is 10.9 Å². The lowest BCUT2D eigenvalue weighted by molar-refractivity contribution is -0.384. The maximum absolute atomic E-state index is 10.3. The van der Waals surface area contributed by atoms with E-state index in [1.54, 1.807) is 0 Å². The van der Waals surface area contributed by atoms with Gasteiger partial charge in [0.15, 0.2) is 0 Å². The molecule has 74 valence electrons. The molecule has 0 bridgehead atoms. The second-order valence-electron chi connectivity index (χ2n) is 2.36. The van der Waals surface area contributed by atoms with Gasteiger partial charge in [0.05, 0.1) is 10.6 Å². The zero-order valence-electron chi connectivity index (χ0n) is 6.93. The largest absolute Gasteiger partial charge is 0.464 e. The Morgan fingerprint density at radius 2 is 2.21 bits per heavy atom. The van der Waals surface area contributed by atoms with E-state index in [-0.39, 0.29) is 5.69 Å². The SMILES string of the molecule is O=C(O)NNc1cccc([N+](=O)[O-])c1. The molecule has 0 saturated carbocycles. The molecule has 7 nitrogen and oxygen atoms in total. The number of hydrogen-bond acceptors (Lipinski definition) is 4. The molecule has 1 aromatic rings. The molecule has 0 fully saturated rings. The topological polar surface area (TPSA) is 104 Å². The fraction of sp³-hybridized carbons (Fsp3) is 0. The molecule has 0 radical (unpaired) electrons. The molecule has 0 atom stereocenters. The van der Waals surface area contributed by atoms with Crippen LogP contribution in [0, 0.1) is 10.1 Å². The van der Waals surface area contributed by atoms with Crippen molar-refractivity contribution in [3.63, 3.8) is 0 Å². The van der Waals surface area contributed by atoms with E-state index in [0.717, 1.165) is 0 Å². The standard InChI is InChI=1S/C7H7N3O4/c11-7(12)9-8-5-2-1-3-6(4-5)10(13)14/h1-4,8-9H,(H,11,12). The van der Waals surface area contributed by atoms with E-state index in [9.17, 15) is 14.9 Å². The minimum Gasteiger partial charge on any atom is -0.464 e. The Bertz CT molecular complexity index is 366. The van der Waals surface area contributed by atoms with Gasteiger partial charge in [0, 0.05) is 12.1 Å². The summed E-state index contributed by atoms with van der Waals surface area (Å²) in [7, 11) is 0. The van der Waals surface area contributed by atoms with Crippen LogP contribution in [0.15, 0.2) is 24.3 Å². The van der Waals surface area contributed by atoms with Crippen molar-refractivity contribution in [2.75, 3.05) is 5.43 Å². The zero-order chi connectivity index (χ0) is 10.6. The van der Waals surface area contributed by atoms with Crippen LogP contribution in [0.5, 0.6) is 0 Å². The molecule has 0 saturated heterocycles. The van der Waals surface area contributed by atoms with Gasteiger partial charge in [0.25, 0.3) is 5.69 Å². The number of nitrogens with one attached hydrogen (secondary N) is 2. The predicted molar refractivity (Wildman–Crippen MR) is 47.9 cm³/mol. The summed E-state index contributed by atoms with van der Waals surface area (Å²) in [6, 6.07) is 5.48. The molecule has 0 heterocycles. The maximum Gasteiger partial charge on any atom is 0.423 e. The number of amides is 1. The highest BCUT2D eigenvalue weighted by molar-refractivity contribution is 5.67. The van der Waals surface area contributed by atoms with Crippen molar-refractivity contribution >= 4 is 17.5 Å². The first-order chi connectivity index (χ1) is 6.59. The summed E-state index contributed by atoms with van der Waals surface area (Å²) in [5.74, 6) is 0. The van der Waals surface area contributed by atoms with Crippen molar-refractivity contribution in [1.82, 2.24) is 5.43 Å². The van der Waals surface area contributed by atoms with Gasteiger partial charge in [-0.15, -0.1) is 0 Å². The number of carbonyl (C=O) groups is 1. The zero-order valence-corrected chi connectivity index (χ0v) is 6.93. The van der Waals surface area contributed by atoms with Crippen LogP contribution in [0.25, 0.3) is 0 Å². The quantitative estimate of drug-likeness (QED) is 0.498. The van der Waals surface area contributed by atoms with Crippen LogP contribution in [-0.2, 0) is 0 Å². The Balaban J connectivity index is 2.73. The Morgan fingerprint density at radius 1 is 1.50 bits per heavy atom. The molecule has 7 heteroatoms. The second-order valence-corrected chi connectivity index (χ2v) is 2.36. The fourth-order valence-electron chi connectivity index (χ4n) is 0.823. The monoisotopic (exact) mass is 197 g/mol. The Hall–Kier alpha value is -2.31. The summed E-state index contributed by atoms with van der Waals surface area (Å²) >= 11 is 0. The lowest BCUT2D eigenvalue weighted by atomic mass is 10.3. The second kappa shape index (κ2) is 4.08. The van der Waals surface area contributed by atoms with Gasteiger partial charge in [-0.25, -0.2) is 10.2 Å². The fourth-order valence-corrected chi connectivity index (χ4v) is 0.823. The van der Waals surface area contributed by atoms with E-state index in [4.69, 9.17) is 5.11 Å². The number of rotatable bonds is 3. The molecule has 14 heavy (non-hydrogen) atoms. The van der Waals surface area contributed by atoms with Crippen LogP contribution in [-0.4, -0.2) is 16.1 Å². The molecule has 0 unspecified atom stereocenters. The van der Waals surface area contributed by atoms with Gasteiger partial charge in [-0.2, -0.15) is 0 Å². The molecule has 0 aromatic heterocycles. The first kappa shape index (κ1) is 9.78. The number of hydrogen-bond donors (Lipinski definition) is 3. The molecule has 3 N–H and O–H groups in total. The summed E-state index contributed by atoms with van der Waals surface area (Å²) in [5.41, 5.74) is 4.36.